The van der Waals surface area contributed by atoms with Gasteiger partial charge in [0, 0.05) is 18.2 Å². The Hall–Kier alpha value is -1.53. The van der Waals surface area contributed by atoms with E-state index in [9.17, 15) is 13.6 Å². The zero-order valence-electron chi connectivity index (χ0n) is 11.2. The van der Waals surface area contributed by atoms with Crippen molar-refractivity contribution < 1.29 is 23.4 Å². The highest BCUT2D eigenvalue weighted by atomic mass is 19.1. The number of hydrogen-bond acceptors (Lipinski definition) is 3. The van der Waals surface area contributed by atoms with Crippen molar-refractivity contribution in [1.82, 2.24) is 4.90 Å². The van der Waals surface area contributed by atoms with Crippen molar-refractivity contribution in [1.29, 1.82) is 0 Å². The van der Waals surface area contributed by atoms with Crippen LogP contribution in [0.3, 0.4) is 0 Å². The Labute approximate surface area is 116 Å². The summed E-state index contributed by atoms with van der Waals surface area (Å²) in [5, 5.41) is 9.15. The zero-order valence-corrected chi connectivity index (χ0v) is 11.2. The summed E-state index contributed by atoms with van der Waals surface area (Å²) < 4.78 is 32.1. The van der Waals surface area contributed by atoms with Crippen molar-refractivity contribution in [2.45, 2.75) is 19.5 Å². The Bertz CT molecular complexity index is 495. The van der Waals surface area contributed by atoms with Crippen LogP contribution in [0.25, 0.3) is 0 Å². The van der Waals surface area contributed by atoms with E-state index in [2.05, 4.69) is 0 Å². The molecule has 0 bridgehead atoms. The molecule has 1 fully saturated rings. The van der Waals surface area contributed by atoms with Gasteiger partial charge in [-0.1, -0.05) is 6.92 Å². The van der Waals surface area contributed by atoms with Crippen molar-refractivity contribution in [3.63, 3.8) is 0 Å². The molecule has 20 heavy (non-hydrogen) atoms. The summed E-state index contributed by atoms with van der Waals surface area (Å²) in [5.41, 5.74) is 0.225. The number of rotatable bonds is 5. The highest BCUT2D eigenvalue weighted by Crippen LogP contribution is 2.23. The lowest BCUT2D eigenvalue weighted by Gasteiger charge is -2.29. The van der Waals surface area contributed by atoms with E-state index in [0.717, 1.165) is 18.2 Å². The fraction of sp³-hybridized carbons (Fsp3) is 0.500. The van der Waals surface area contributed by atoms with Crippen molar-refractivity contribution in [2.75, 3.05) is 19.8 Å². The molecule has 1 aromatic rings. The highest BCUT2D eigenvalue weighted by molar-refractivity contribution is 5.71. The SMILES string of the molecule is CCN(Cc1cc(F)ccc1F)C1COCC1C(=O)O. The van der Waals surface area contributed by atoms with E-state index in [1.807, 2.05) is 11.8 Å². The smallest absolute Gasteiger partial charge is 0.310 e. The van der Waals surface area contributed by atoms with Crippen LogP contribution in [0.5, 0.6) is 0 Å². The number of benzene rings is 1. The summed E-state index contributed by atoms with van der Waals surface area (Å²) in [6, 6.07) is 2.97. The van der Waals surface area contributed by atoms with Crippen LogP contribution in [0.4, 0.5) is 8.78 Å². The lowest BCUT2D eigenvalue weighted by Crippen LogP contribution is -2.42. The second-order valence-electron chi connectivity index (χ2n) is 4.85. The summed E-state index contributed by atoms with van der Waals surface area (Å²) in [5.74, 6) is -2.55. The Morgan fingerprint density at radius 1 is 1.45 bits per heavy atom. The summed E-state index contributed by atoms with van der Waals surface area (Å²) in [7, 11) is 0. The Morgan fingerprint density at radius 3 is 2.85 bits per heavy atom. The Kier molecular flexibility index (Phi) is 4.67. The molecule has 1 aliphatic heterocycles. The largest absolute Gasteiger partial charge is 0.481 e. The van der Waals surface area contributed by atoms with Crippen molar-refractivity contribution in [3.8, 4) is 0 Å². The summed E-state index contributed by atoms with van der Waals surface area (Å²) >= 11 is 0. The van der Waals surface area contributed by atoms with Crippen LogP contribution in [0.1, 0.15) is 12.5 Å². The number of carboxylic acid groups (broad SMARTS) is 1. The van der Waals surface area contributed by atoms with Gasteiger partial charge < -0.3 is 9.84 Å². The molecule has 1 N–H and O–H groups in total. The van der Waals surface area contributed by atoms with Crippen LogP contribution in [-0.2, 0) is 16.1 Å². The van der Waals surface area contributed by atoms with Gasteiger partial charge in [-0.2, -0.15) is 0 Å². The van der Waals surface area contributed by atoms with Crippen molar-refractivity contribution >= 4 is 5.97 Å². The summed E-state index contributed by atoms with van der Waals surface area (Å²) in [6.45, 7) is 3.00. The number of nitrogens with zero attached hydrogens (tertiary/aromatic N) is 1. The van der Waals surface area contributed by atoms with E-state index < -0.39 is 23.5 Å². The molecule has 2 atom stereocenters. The van der Waals surface area contributed by atoms with Crippen LogP contribution in [-0.4, -0.2) is 41.8 Å². The van der Waals surface area contributed by atoms with Gasteiger partial charge >= 0.3 is 5.97 Å². The van der Waals surface area contributed by atoms with Gasteiger partial charge in [-0.05, 0) is 24.7 Å². The third kappa shape index (κ3) is 3.13. The van der Waals surface area contributed by atoms with Gasteiger partial charge in [0.1, 0.15) is 11.6 Å². The molecule has 0 spiro atoms. The zero-order chi connectivity index (χ0) is 14.7. The van der Waals surface area contributed by atoms with E-state index in [1.54, 1.807) is 0 Å². The number of carboxylic acids is 1. The minimum atomic E-state index is -0.925. The molecular weight excluding hydrogens is 268 g/mol. The first-order valence-corrected chi connectivity index (χ1v) is 6.51. The number of ether oxygens (including phenoxy) is 1. The molecule has 0 amide bonds. The van der Waals surface area contributed by atoms with Gasteiger partial charge in [0.05, 0.1) is 19.1 Å². The van der Waals surface area contributed by atoms with Crippen LogP contribution in [0.15, 0.2) is 18.2 Å². The molecule has 110 valence electrons. The number of carbonyl (C=O) groups is 1. The fourth-order valence-electron chi connectivity index (χ4n) is 2.49. The Balaban J connectivity index is 2.16. The molecule has 0 radical (unpaired) electrons. The van der Waals surface area contributed by atoms with E-state index in [4.69, 9.17) is 9.84 Å². The predicted octanol–water partition coefficient (Wildman–Crippen LogP) is 1.89. The lowest BCUT2D eigenvalue weighted by atomic mass is 10.0. The van der Waals surface area contributed by atoms with E-state index >= 15 is 0 Å². The molecule has 0 saturated carbocycles. The number of aliphatic carboxylic acids is 1. The van der Waals surface area contributed by atoms with Gasteiger partial charge in [-0.25, -0.2) is 8.78 Å². The van der Waals surface area contributed by atoms with Crippen LogP contribution in [0, 0.1) is 17.6 Å². The molecule has 1 saturated heterocycles. The topological polar surface area (TPSA) is 49.8 Å². The standard InChI is InChI=1S/C14H17F2NO3/c1-2-17(13-8-20-7-11(13)14(18)19)6-9-5-10(15)3-4-12(9)16/h3-5,11,13H,2,6-8H2,1H3,(H,18,19). The van der Waals surface area contributed by atoms with Gasteiger partial charge in [-0.3, -0.25) is 9.69 Å². The summed E-state index contributed by atoms with van der Waals surface area (Å²) in [4.78, 5) is 13.0. The average molecular weight is 285 g/mol. The maximum absolute atomic E-state index is 13.7. The quantitative estimate of drug-likeness (QED) is 0.897. The molecule has 1 heterocycles. The van der Waals surface area contributed by atoms with Gasteiger partial charge in [0.25, 0.3) is 0 Å². The second-order valence-corrected chi connectivity index (χ2v) is 4.85. The number of halogens is 2. The molecule has 4 nitrogen and oxygen atoms in total. The molecule has 2 rings (SSSR count). The second kappa shape index (κ2) is 6.28. The average Bonchev–Trinajstić information content (AvgIpc) is 2.89. The van der Waals surface area contributed by atoms with E-state index in [-0.39, 0.29) is 24.8 Å². The highest BCUT2D eigenvalue weighted by Gasteiger charge is 2.37. The monoisotopic (exact) mass is 285 g/mol. The first kappa shape index (κ1) is 14.9. The maximum Gasteiger partial charge on any atom is 0.310 e. The molecule has 1 aromatic carbocycles. The molecule has 6 heteroatoms. The molecule has 0 aliphatic carbocycles. The van der Waals surface area contributed by atoms with Crippen molar-refractivity contribution in [2.24, 2.45) is 5.92 Å². The fourth-order valence-corrected chi connectivity index (χ4v) is 2.49. The van der Waals surface area contributed by atoms with Gasteiger partial charge in [0.15, 0.2) is 0 Å². The van der Waals surface area contributed by atoms with Crippen LogP contribution < -0.4 is 0 Å². The normalized spacial score (nSPS) is 22.4. The molecule has 2 unspecified atom stereocenters. The minimum Gasteiger partial charge on any atom is -0.481 e. The van der Waals surface area contributed by atoms with Crippen LogP contribution in [0.2, 0.25) is 0 Å². The number of likely N-dealkylation sites (N-methyl/N-ethyl adjacent to an activating group) is 1. The third-order valence-corrected chi connectivity index (χ3v) is 3.62. The lowest BCUT2D eigenvalue weighted by molar-refractivity contribution is -0.143. The Morgan fingerprint density at radius 2 is 2.20 bits per heavy atom. The third-order valence-electron chi connectivity index (χ3n) is 3.62. The van der Waals surface area contributed by atoms with E-state index in [1.165, 1.54) is 0 Å². The summed E-state index contributed by atoms with van der Waals surface area (Å²) in [6.07, 6.45) is 0. The van der Waals surface area contributed by atoms with E-state index in [0.29, 0.717) is 13.2 Å². The first-order valence-electron chi connectivity index (χ1n) is 6.51. The first-order chi connectivity index (χ1) is 9.52. The predicted molar refractivity (Wildman–Crippen MR) is 68.2 cm³/mol. The van der Waals surface area contributed by atoms with Crippen LogP contribution >= 0.6 is 0 Å². The molecule has 1 aliphatic rings. The molecule has 0 aromatic heterocycles. The van der Waals surface area contributed by atoms with Gasteiger partial charge in [-0.15, -0.1) is 0 Å². The maximum atomic E-state index is 13.7. The molecular formula is C14H17F2NO3. The number of hydrogen-bond donors (Lipinski definition) is 1. The minimum absolute atomic E-state index is 0.155. The van der Waals surface area contributed by atoms with Gasteiger partial charge in [0.2, 0.25) is 0 Å². The van der Waals surface area contributed by atoms with Crippen molar-refractivity contribution in [3.05, 3.63) is 35.4 Å².